The van der Waals surface area contributed by atoms with Gasteiger partial charge in [-0.05, 0) is 25.0 Å². The fourth-order valence-electron chi connectivity index (χ4n) is 2.51. The minimum atomic E-state index is -0.475. The second-order valence-corrected chi connectivity index (χ2v) is 5.16. The Kier molecular flexibility index (Phi) is 3.52. The Morgan fingerprint density at radius 3 is 3.00 bits per heavy atom. The molecule has 1 fully saturated rings. The van der Waals surface area contributed by atoms with Gasteiger partial charge < -0.3 is 20.2 Å². The van der Waals surface area contributed by atoms with E-state index in [-0.39, 0.29) is 12.0 Å². The number of carbonyl (C=O) groups excluding carboxylic acids is 1. The van der Waals surface area contributed by atoms with Crippen LogP contribution in [0.2, 0.25) is 0 Å². The maximum atomic E-state index is 12.1. The van der Waals surface area contributed by atoms with Crippen LogP contribution in [0, 0.1) is 0 Å². The Morgan fingerprint density at radius 1 is 1.48 bits per heavy atom. The molecule has 0 bridgehead atoms. The number of fused-ring (bicyclic) bond motifs is 1. The molecule has 1 saturated heterocycles. The minimum Gasteiger partial charge on any atom is -0.408 e. The standard InChI is InChI=1S/C14H17N3O4/c1-17-10-4-2-8(6-12(10)21-14(17)19)16-13(18)11-5-3-9(7-15)20-11/h2,4,6,9,11H,3,5,7,15H2,1H3,(H,16,18)/t9-,11+/m1/s1. The first-order valence-corrected chi connectivity index (χ1v) is 6.84. The van der Waals surface area contributed by atoms with Gasteiger partial charge in [0.1, 0.15) is 6.10 Å². The van der Waals surface area contributed by atoms with Crippen molar-refractivity contribution in [2.75, 3.05) is 11.9 Å². The summed E-state index contributed by atoms with van der Waals surface area (Å²) in [6, 6.07) is 5.09. The molecule has 7 nitrogen and oxygen atoms in total. The summed E-state index contributed by atoms with van der Waals surface area (Å²) in [4.78, 5) is 23.5. The highest BCUT2D eigenvalue weighted by molar-refractivity contribution is 5.95. The molecule has 2 heterocycles. The Labute approximate surface area is 120 Å². The average Bonchev–Trinajstić information content (AvgIpc) is 3.05. The van der Waals surface area contributed by atoms with Gasteiger partial charge in [-0.25, -0.2) is 4.79 Å². The number of aromatic nitrogens is 1. The van der Waals surface area contributed by atoms with Gasteiger partial charge in [-0.2, -0.15) is 0 Å². The molecule has 1 aromatic heterocycles. The van der Waals surface area contributed by atoms with Gasteiger partial charge in [-0.15, -0.1) is 0 Å². The molecule has 2 aromatic rings. The molecule has 21 heavy (non-hydrogen) atoms. The highest BCUT2D eigenvalue weighted by atomic mass is 16.5. The van der Waals surface area contributed by atoms with Crippen molar-refractivity contribution >= 4 is 22.7 Å². The van der Waals surface area contributed by atoms with Crippen molar-refractivity contribution in [1.82, 2.24) is 4.57 Å². The predicted molar refractivity (Wildman–Crippen MR) is 77.0 cm³/mol. The lowest BCUT2D eigenvalue weighted by Gasteiger charge is -2.12. The van der Waals surface area contributed by atoms with Crippen molar-refractivity contribution in [2.45, 2.75) is 25.0 Å². The lowest BCUT2D eigenvalue weighted by atomic mass is 10.2. The third-order valence-electron chi connectivity index (χ3n) is 3.72. The summed E-state index contributed by atoms with van der Waals surface area (Å²) >= 11 is 0. The van der Waals surface area contributed by atoms with Gasteiger partial charge in [0.2, 0.25) is 0 Å². The number of aryl methyl sites for hydroxylation is 1. The second-order valence-electron chi connectivity index (χ2n) is 5.16. The van der Waals surface area contributed by atoms with Crippen molar-refractivity contribution in [2.24, 2.45) is 12.8 Å². The predicted octanol–water partition coefficient (Wildman–Crippen LogP) is 0.576. The van der Waals surface area contributed by atoms with E-state index in [1.165, 1.54) is 4.57 Å². The summed E-state index contributed by atoms with van der Waals surface area (Å²) in [5.74, 6) is -0.637. The molecule has 0 radical (unpaired) electrons. The van der Waals surface area contributed by atoms with Gasteiger partial charge >= 0.3 is 5.76 Å². The number of hydrogen-bond acceptors (Lipinski definition) is 5. The molecular weight excluding hydrogens is 274 g/mol. The van der Waals surface area contributed by atoms with E-state index in [1.807, 2.05) is 0 Å². The van der Waals surface area contributed by atoms with Crippen LogP contribution in [0.15, 0.2) is 27.4 Å². The summed E-state index contributed by atoms with van der Waals surface area (Å²) in [5.41, 5.74) is 7.21. The molecule has 7 heteroatoms. The molecule has 0 saturated carbocycles. The second kappa shape index (κ2) is 5.34. The number of anilines is 1. The fourth-order valence-corrected chi connectivity index (χ4v) is 2.51. The number of carbonyl (C=O) groups is 1. The molecule has 1 aliphatic rings. The van der Waals surface area contributed by atoms with Crippen molar-refractivity contribution in [3.8, 4) is 0 Å². The first-order valence-electron chi connectivity index (χ1n) is 6.84. The zero-order valence-corrected chi connectivity index (χ0v) is 11.7. The minimum absolute atomic E-state index is 0.0459. The fraction of sp³-hybridized carbons (Fsp3) is 0.429. The van der Waals surface area contributed by atoms with E-state index in [9.17, 15) is 9.59 Å². The maximum Gasteiger partial charge on any atom is 0.419 e. The van der Waals surface area contributed by atoms with Gasteiger partial charge in [0.05, 0.1) is 11.6 Å². The lowest BCUT2D eigenvalue weighted by molar-refractivity contribution is -0.126. The zero-order valence-electron chi connectivity index (χ0n) is 11.7. The van der Waals surface area contributed by atoms with Crippen molar-refractivity contribution < 1.29 is 13.9 Å². The molecule has 0 unspecified atom stereocenters. The number of nitrogens with zero attached hydrogens (tertiary/aromatic N) is 1. The normalized spacial score (nSPS) is 21.8. The quantitative estimate of drug-likeness (QED) is 0.861. The van der Waals surface area contributed by atoms with E-state index < -0.39 is 11.9 Å². The first kappa shape index (κ1) is 13.8. The smallest absolute Gasteiger partial charge is 0.408 e. The molecule has 1 aliphatic heterocycles. The van der Waals surface area contributed by atoms with Gasteiger partial charge in [0.25, 0.3) is 5.91 Å². The molecule has 1 amide bonds. The van der Waals surface area contributed by atoms with Gasteiger partial charge in [0.15, 0.2) is 5.58 Å². The summed E-state index contributed by atoms with van der Waals surface area (Å²) in [6.07, 6.45) is 0.935. The summed E-state index contributed by atoms with van der Waals surface area (Å²) in [5, 5.41) is 2.77. The maximum absolute atomic E-state index is 12.1. The van der Waals surface area contributed by atoms with Crippen molar-refractivity contribution in [1.29, 1.82) is 0 Å². The van der Waals surface area contributed by atoms with Crippen LogP contribution in [-0.2, 0) is 16.6 Å². The number of oxazole rings is 1. The van der Waals surface area contributed by atoms with Crippen LogP contribution in [-0.4, -0.2) is 29.2 Å². The highest BCUT2D eigenvalue weighted by Crippen LogP contribution is 2.22. The Morgan fingerprint density at radius 2 is 2.29 bits per heavy atom. The molecule has 0 aliphatic carbocycles. The number of hydrogen-bond donors (Lipinski definition) is 2. The van der Waals surface area contributed by atoms with Crippen molar-refractivity contribution in [3.63, 3.8) is 0 Å². The third-order valence-corrected chi connectivity index (χ3v) is 3.72. The largest absolute Gasteiger partial charge is 0.419 e. The van der Waals surface area contributed by atoms with Crippen LogP contribution in [0.25, 0.3) is 11.1 Å². The Balaban J connectivity index is 1.76. The van der Waals surface area contributed by atoms with E-state index >= 15 is 0 Å². The Hall–Kier alpha value is -2.12. The van der Waals surface area contributed by atoms with Crippen LogP contribution in [0.5, 0.6) is 0 Å². The molecule has 0 spiro atoms. The van der Waals surface area contributed by atoms with E-state index in [0.29, 0.717) is 29.8 Å². The van der Waals surface area contributed by atoms with Crippen LogP contribution in [0.1, 0.15) is 12.8 Å². The highest BCUT2D eigenvalue weighted by Gasteiger charge is 2.29. The van der Waals surface area contributed by atoms with E-state index in [2.05, 4.69) is 5.32 Å². The number of nitrogens with one attached hydrogen (secondary N) is 1. The summed E-state index contributed by atoms with van der Waals surface area (Å²) in [7, 11) is 1.63. The molecule has 3 N–H and O–H groups in total. The Bertz CT molecular complexity index is 733. The molecule has 1 aromatic carbocycles. The topological polar surface area (TPSA) is 99.5 Å². The number of amides is 1. The van der Waals surface area contributed by atoms with E-state index in [1.54, 1.807) is 25.2 Å². The summed E-state index contributed by atoms with van der Waals surface area (Å²) in [6.45, 7) is 0.422. The number of ether oxygens (including phenoxy) is 1. The number of rotatable bonds is 3. The summed E-state index contributed by atoms with van der Waals surface area (Å²) < 4.78 is 12.0. The molecule has 2 atom stereocenters. The third kappa shape index (κ3) is 2.57. The lowest BCUT2D eigenvalue weighted by Crippen LogP contribution is -2.29. The van der Waals surface area contributed by atoms with E-state index in [0.717, 1.165) is 6.42 Å². The molecule has 3 rings (SSSR count). The first-order chi connectivity index (χ1) is 10.1. The van der Waals surface area contributed by atoms with Crippen LogP contribution in [0.3, 0.4) is 0 Å². The number of benzene rings is 1. The zero-order chi connectivity index (χ0) is 15.0. The van der Waals surface area contributed by atoms with Crippen LogP contribution in [0.4, 0.5) is 5.69 Å². The monoisotopic (exact) mass is 291 g/mol. The number of nitrogens with two attached hydrogens (primary N) is 1. The van der Waals surface area contributed by atoms with E-state index in [4.69, 9.17) is 14.9 Å². The van der Waals surface area contributed by atoms with Gasteiger partial charge in [0, 0.05) is 25.3 Å². The molecule has 112 valence electrons. The van der Waals surface area contributed by atoms with Gasteiger partial charge in [-0.3, -0.25) is 9.36 Å². The molecular formula is C14H17N3O4. The average molecular weight is 291 g/mol. The van der Waals surface area contributed by atoms with Crippen LogP contribution < -0.4 is 16.8 Å². The SMILES string of the molecule is Cn1c(=O)oc2cc(NC(=O)[C@@H]3CC[C@H](CN)O3)ccc21. The van der Waals surface area contributed by atoms with Gasteiger partial charge in [-0.1, -0.05) is 0 Å². The van der Waals surface area contributed by atoms with Crippen LogP contribution >= 0.6 is 0 Å². The van der Waals surface area contributed by atoms with Crippen molar-refractivity contribution in [3.05, 3.63) is 28.7 Å².